The fraction of sp³-hybridized carbons (Fsp3) is 0.130. The number of anilines is 1. The number of hydrogen-bond acceptors (Lipinski definition) is 5. The largest absolute Gasteiger partial charge is 0.385 e. The molecule has 0 radical (unpaired) electrons. The normalized spacial score (nSPS) is 12.8. The van der Waals surface area contributed by atoms with Crippen LogP contribution in [0.5, 0.6) is 0 Å². The van der Waals surface area contributed by atoms with Crippen molar-refractivity contribution in [1.82, 2.24) is 14.5 Å². The van der Waals surface area contributed by atoms with Gasteiger partial charge in [0.15, 0.2) is 0 Å². The van der Waals surface area contributed by atoms with Gasteiger partial charge in [-0.2, -0.15) is 5.26 Å². The number of nitrogens with one attached hydrogen (secondary N) is 1. The van der Waals surface area contributed by atoms with Gasteiger partial charge >= 0.3 is 0 Å². The number of benzene rings is 2. The summed E-state index contributed by atoms with van der Waals surface area (Å²) in [6, 6.07) is 18.5. The molecule has 4 aromatic rings. The number of hydrogen-bond donors (Lipinski definition) is 2. The molecular formula is C23H18FN5O2. The maximum Gasteiger partial charge on any atom is 0.229 e. The van der Waals surface area contributed by atoms with E-state index in [1.165, 1.54) is 16.7 Å². The van der Waals surface area contributed by atoms with Crippen LogP contribution < -0.4 is 5.32 Å². The lowest BCUT2D eigenvalue weighted by Gasteiger charge is -2.23. The Balaban J connectivity index is 1.71. The topological polar surface area (TPSA) is 104 Å². The van der Waals surface area contributed by atoms with Gasteiger partial charge in [0.1, 0.15) is 11.6 Å². The quantitative estimate of drug-likeness (QED) is 0.518. The first-order valence-electron chi connectivity index (χ1n) is 9.50. The van der Waals surface area contributed by atoms with Gasteiger partial charge in [-0.25, -0.2) is 14.4 Å². The third-order valence-corrected chi connectivity index (χ3v) is 4.88. The average Bonchev–Trinajstić information content (AvgIpc) is 3.11. The number of aliphatic hydroxyl groups is 1. The number of carbonyl (C=O) groups excluding carboxylic acids is 1. The molecule has 0 saturated carbocycles. The average molecular weight is 415 g/mol. The lowest BCUT2D eigenvalue weighted by atomic mass is 9.92. The summed E-state index contributed by atoms with van der Waals surface area (Å²) in [5, 5.41) is 22.7. The monoisotopic (exact) mass is 415 g/mol. The van der Waals surface area contributed by atoms with Gasteiger partial charge in [0.25, 0.3) is 0 Å². The molecule has 2 heterocycles. The molecular weight excluding hydrogens is 397 g/mol. The second-order valence-electron chi connectivity index (χ2n) is 7.29. The molecule has 154 valence electrons. The van der Waals surface area contributed by atoms with Crippen LogP contribution in [0.1, 0.15) is 24.5 Å². The molecule has 0 saturated heterocycles. The Morgan fingerprint density at radius 1 is 1.23 bits per heavy atom. The van der Waals surface area contributed by atoms with E-state index in [0.717, 1.165) is 6.20 Å². The van der Waals surface area contributed by atoms with Gasteiger partial charge in [0.05, 0.1) is 40.9 Å². The van der Waals surface area contributed by atoms with Crippen molar-refractivity contribution >= 4 is 22.9 Å². The number of rotatable bonds is 5. The SMILES string of the molecule is C[C@](O)(CC(=O)Nc1nc2ccc(C#N)cc2n1-c1ccc(F)cn1)c1ccccc1. The van der Waals surface area contributed by atoms with E-state index in [1.807, 2.05) is 6.07 Å². The number of carbonyl (C=O) groups is 1. The maximum atomic E-state index is 13.4. The van der Waals surface area contributed by atoms with Gasteiger partial charge in [-0.3, -0.25) is 14.7 Å². The van der Waals surface area contributed by atoms with Crippen LogP contribution in [-0.2, 0) is 10.4 Å². The Morgan fingerprint density at radius 2 is 2.00 bits per heavy atom. The number of nitrogens with zero attached hydrogens (tertiary/aromatic N) is 4. The fourth-order valence-corrected chi connectivity index (χ4v) is 3.34. The van der Waals surface area contributed by atoms with E-state index in [-0.39, 0.29) is 12.4 Å². The zero-order chi connectivity index (χ0) is 22.0. The number of fused-ring (bicyclic) bond motifs is 1. The Labute approximate surface area is 177 Å². The van der Waals surface area contributed by atoms with Crippen molar-refractivity contribution in [2.45, 2.75) is 18.9 Å². The van der Waals surface area contributed by atoms with Crippen LogP contribution in [0.3, 0.4) is 0 Å². The number of halogens is 1. The fourth-order valence-electron chi connectivity index (χ4n) is 3.34. The van der Waals surface area contributed by atoms with Crippen LogP contribution in [0, 0.1) is 17.1 Å². The molecule has 0 aliphatic rings. The number of aromatic nitrogens is 3. The van der Waals surface area contributed by atoms with Crippen LogP contribution in [0.2, 0.25) is 0 Å². The van der Waals surface area contributed by atoms with Crippen LogP contribution >= 0.6 is 0 Å². The van der Waals surface area contributed by atoms with Crippen LogP contribution in [0.25, 0.3) is 16.9 Å². The summed E-state index contributed by atoms with van der Waals surface area (Å²) >= 11 is 0. The molecule has 1 atom stereocenters. The van der Waals surface area contributed by atoms with Crippen molar-refractivity contribution in [2.24, 2.45) is 0 Å². The van der Waals surface area contributed by atoms with E-state index in [0.29, 0.717) is 28.0 Å². The molecule has 0 bridgehead atoms. The van der Waals surface area contributed by atoms with E-state index >= 15 is 0 Å². The number of imidazole rings is 1. The van der Waals surface area contributed by atoms with E-state index in [2.05, 4.69) is 21.4 Å². The minimum atomic E-state index is -1.38. The van der Waals surface area contributed by atoms with Gasteiger partial charge < -0.3 is 5.11 Å². The van der Waals surface area contributed by atoms with E-state index < -0.39 is 17.3 Å². The third kappa shape index (κ3) is 4.13. The standard InChI is InChI=1S/C23H18FN5O2/c1-23(31,16-5-3-2-4-6-16)12-21(30)28-22-27-18-9-7-15(13-25)11-19(18)29(22)20-10-8-17(24)14-26-20/h2-11,14,31H,12H2,1H3,(H,27,28,30)/t23-/m0/s1. The molecule has 2 aromatic carbocycles. The smallest absolute Gasteiger partial charge is 0.229 e. The number of nitriles is 1. The predicted molar refractivity (Wildman–Crippen MR) is 113 cm³/mol. The maximum absolute atomic E-state index is 13.4. The van der Waals surface area contributed by atoms with Crippen LogP contribution in [0.15, 0.2) is 66.9 Å². The highest BCUT2D eigenvalue weighted by atomic mass is 19.1. The molecule has 2 aromatic heterocycles. The summed E-state index contributed by atoms with van der Waals surface area (Å²) < 4.78 is 14.9. The Bertz CT molecular complexity index is 1290. The summed E-state index contributed by atoms with van der Waals surface area (Å²) in [5.41, 5.74) is 0.682. The highest BCUT2D eigenvalue weighted by Crippen LogP contribution is 2.27. The molecule has 0 unspecified atom stereocenters. The molecule has 0 fully saturated rings. The van der Waals surface area contributed by atoms with Crippen molar-refractivity contribution in [1.29, 1.82) is 5.26 Å². The molecule has 4 rings (SSSR count). The van der Waals surface area contributed by atoms with Crippen molar-refractivity contribution in [3.05, 3.63) is 83.8 Å². The third-order valence-electron chi connectivity index (χ3n) is 4.88. The Hall–Kier alpha value is -4.09. The number of pyridine rings is 1. The highest BCUT2D eigenvalue weighted by molar-refractivity contribution is 5.93. The zero-order valence-electron chi connectivity index (χ0n) is 16.6. The molecule has 7 nitrogen and oxygen atoms in total. The van der Waals surface area contributed by atoms with Crippen molar-refractivity contribution < 1.29 is 14.3 Å². The van der Waals surface area contributed by atoms with E-state index in [9.17, 15) is 19.6 Å². The molecule has 8 heteroatoms. The molecule has 0 spiro atoms. The second-order valence-corrected chi connectivity index (χ2v) is 7.29. The summed E-state index contributed by atoms with van der Waals surface area (Å²) in [6.45, 7) is 1.56. The first-order chi connectivity index (χ1) is 14.9. The lowest BCUT2D eigenvalue weighted by Crippen LogP contribution is -2.29. The van der Waals surface area contributed by atoms with Crippen molar-refractivity contribution in [2.75, 3.05) is 5.32 Å². The van der Waals surface area contributed by atoms with Crippen LogP contribution in [0.4, 0.5) is 10.3 Å². The molecule has 1 amide bonds. The van der Waals surface area contributed by atoms with Crippen molar-refractivity contribution in [3.63, 3.8) is 0 Å². The summed E-state index contributed by atoms with van der Waals surface area (Å²) in [6.07, 6.45) is 0.849. The Kier molecular flexibility index (Phi) is 5.19. The van der Waals surface area contributed by atoms with Crippen LogP contribution in [-0.4, -0.2) is 25.5 Å². The minimum Gasteiger partial charge on any atom is -0.385 e. The van der Waals surface area contributed by atoms with Crippen molar-refractivity contribution in [3.8, 4) is 11.9 Å². The Morgan fingerprint density at radius 3 is 2.68 bits per heavy atom. The lowest BCUT2D eigenvalue weighted by molar-refractivity contribution is -0.120. The number of amides is 1. The summed E-state index contributed by atoms with van der Waals surface area (Å²) in [4.78, 5) is 21.3. The molecule has 0 aliphatic carbocycles. The van der Waals surface area contributed by atoms with E-state index in [4.69, 9.17) is 0 Å². The van der Waals surface area contributed by atoms with Gasteiger partial charge in [0, 0.05) is 0 Å². The first-order valence-corrected chi connectivity index (χ1v) is 9.50. The van der Waals surface area contributed by atoms with E-state index in [1.54, 1.807) is 49.4 Å². The molecule has 2 N–H and O–H groups in total. The zero-order valence-corrected chi connectivity index (χ0v) is 16.6. The molecule has 0 aliphatic heterocycles. The summed E-state index contributed by atoms with van der Waals surface area (Å²) in [5.74, 6) is -0.495. The van der Waals surface area contributed by atoms with Gasteiger partial charge in [-0.15, -0.1) is 0 Å². The van der Waals surface area contributed by atoms with Gasteiger partial charge in [0.2, 0.25) is 11.9 Å². The minimum absolute atomic E-state index is 0.151. The molecule has 31 heavy (non-hydrogen) atoms. The summed E-state index contributed by atoms with van der Waals surface area (Å²) in [7, 11) is 0. The first kappa shape index (κ1) is 20.2. The highest BCUT2D eigenvalue weighted by Gasteiger charge is 2.27. The van der Waals surface area contributed by atoms with Gasteiger partial charge in [-0.05, 0) is 42.8 Å². The van der Waals surface area contributed by atoms with Gasteiger partial charge in [-0.1, -0.05) is 30.3 Å². The second kappa shape index (κ2) is 7.97. The predicted octanol–water partition coefficient (Wildman–Crippen LogP) is 3.67.